The molecule has 2 fully saturated rings. The molecule has 5 nitrogen and oxygen atoms in total. The zero-order chi connectivity index (χ0) is 13.9. The first-order valence-corrected chi connectivity index (χ1v) is 7.16. The van der Waals surface area contributed by atoms with Crippen molar-refractivity contribution in [1.29, 1.82) is 0 Å². The van der Waals surface area contributed by atoms with E-state index in [9.17, 15) is 9.59 Å². The lowest BCUT2D eigenvalue weighted by atomic mass is 10.2. The van der Waals surface area contributed by atoms with Gasteiger partial charge in [-0.3, -0.25) is 4.79 Å². The van der Waals surface area contributed by atoms with Crippen molar-refractivity contribution in [3.63, 3.8) is 0 Å². The van der Waals surface area contributed by atoms with Gasteiger partial charge >= 0.3 is 6.03 Å². The van der Waals surface area contributed by atoms with Gasteiger partial charge in [-0.15, -0.1) is 0 Å². The predicted octanol–water partition coefficient (Wildman–Crippen LogP) is 1.77. The molecule has 3 amide bonds. The fourth-order valence-electron chi connectivity index (χ4n) is 2.40. The molecule has 1 saturated heterocycles. The first-order chi connectivity index (χ1) is 9.72. The van der Waals surface area contributed by atoms with E-state index in [0.29, 0.717) is 19.0 Å². The van der Waals surface area contributed by atoms with Gasteiger partial charge in [0, 0.05) is 31.2 Å². The molecule has 1 saturated carbocycles. The van der Waals surface area contributed by atoms with E-state index < -0.39 is 0 Å². The Bertz CT molecular complexity index is 526. The van der Waals surface area contributed by atoms with Gasteiger partial charge in [0.15, 0.2) is 0 Å². The molecule has 106 valence electrons. The van der Waals surface area contributed by atoms with E-state index in [1.807, 2.05) is 29.2 Å². The maximum Gasteiger partial charge on any atom is 0.315 e. The molecule has 1 heterocycles. The minimum absolute atomic E-state index is 0.116. The summed E-state index contributed by atoms with van der Waals surface area (Å²) in [5, 5.41) is 5.73. The Morgan fingerprint density at radius 1 is 1.35 bits per heavy atom. The summed E-state index contributed by atoms with van der Waals surface area (Å²) in [5.41, 5.74) is 1.93. The van der Waals surface area contributed by atoms with Crippen LogP contribution in [0.2, 0.25) is 0 Å². The summed E-state index contributed by atoms with van der Waals surface area (Å²) >= 11 is 0. The molecule has 1 aromatic rings. The molecule has 0 bridgehead atoms. The molecule has 2 aliphatic rings. The lowest BCUT2D eigenvalue weighted by molar-refractivity contribution is -0.117. The number of urea groups is 1. The molecule has 0 spiro atoms. The molecule has 1 aliphatic heterocycles. The normalized spacial score (nSPS) is 18.2. The van der Waals surface area contributed by atoms with Gasteiger partial charge in [-0.1, -0.05) is 12.1 Å². The number of hydrogen-bond acceptors (Lipinski definition) is 2. The van der Waals surface area contributed by atoms with Gasteiger partial charge in [-0.25, -0.2) is 4.79 Å². The van der Waals surface area contributed by atoms with Crippen LogP contribution in [0.3, 0.4) is 0 Å². The molecule has 5 heteroatoms. The fourth-order valence-corrected chi connectivity index (χ4v) is 2.40. The van der Waals surface area contributed by atoms with E-state index in [1.165, 1.54) is 0 Å². The smallest absolute Gasteiger partial charge is 0.315 e. The lowest BCUT2D eigenvalue weighted by Crippen LogP contribution is -2.36. The van der Waals surface area contributed by atoms with Crippen LogP contribution in [0.15, 0.2) is 24.3 Å². The van der Waals surface area contributed by atoms with Gasteiger partial charge in [-0.05, 0) is 37.0 Å². The molecular formula is C15H19N3O2. The third-order valence-electron chi connectivity index (χ3n) is 3.66. The van der Waals surface area contributed by atoms with Crippen molar-refractivity contribution in [2.45, 2.75) is 38.3 Å². The van der Waals surface area contributed by atoms with E-state index in [-0.39, 0.29) is 11.9 Å². The SMILES string of the molecule is O=C(NCc1cccc(N2CCCC2=O)c1)NC1CC1. The van der Waals surface area contributed by atoms with E-state index in [2.05, 4.69) is 10.6 Å². The third-order valence-corrected chi connectivity index (χ3v) is 3.66. The first-order valence-electron chi connectivity index (χ1n) is 7.16. The maximum atomic E-state index is 11.7. The van der Waals surface area contributed by atoms with Crippen LogP contribution >= 0.6 is 0 Å². The zero-order valence-corrected chi connectivity index (χ0v) is 11.4. The van der Waals surface area contributed by atoms with E-state index in [4.69, 9.17) is 0 Å². The number of amides is 3. The van der Waals surface area contributed by atoms with E-state index >= 15 is 0 Å². The topological polar surface area (TPSA) is 61.4 Å². The number of rotatable bonds is 4. The Balaban J connectivity index is 1.59. The number of benzene rings is 1. The van der Waals surface area contributed by atoms with Gasteiger partial charge < -0.3 is 15.5 Å². The number of nitrogens with one attached hydrogen (secondary N) is 2. The summed E-state index contributed by atoms with van der Waals surface area (Å²) in [6.07, 6.45) is 3.72. The molecular weight excluding hydrogens is 254 g/mol. The Morgan fingerprint density at radius 2 is 2.20 bits per heavy atom. The highest BCUT2D eigenvalue weighted by Gasteiger charge is 2.23. The van der Waals surface area contributed by atoms with Gasteiger partial charge in [0.1, 0.15) is 0 Å². The summed E-state index contributed by atoms with van der Waals surface area (Å²) in [4.78, 5) is 25.1. The summed E-state index contributed by atoms with van der Waals surface area (Å²) in [6.45, 7) is 1.27. The second-order valence-corrected chi connectivity index (χ2v) is 5.42. The molecule has 0 unspecified atom stereocenters. The molecule has 0 aromatic heterocycles. The van der Waals surface area contributed by atoms with Crippen LogP contribution in [0.5, 0.6) is 0 Å². The standard InChI is InChI=1S/C15H19N3O2/c19-14-5-2-8-18(14)13-4-1-3-11(9-13)10-16-15(20)17-12-6-7-12/h1,3-4,9,12H,2,5-8,10H2,(H2,16,17,20). The molecule has 1 aliphatic carbocycles. The monoisotopic (exact) mass is 273 g/mol. The van der Waals surface area contributed by atoms with Crippen LogP contribution in [0.25, 0.3) is 0 Å². The Hall–Kier alpha value is -2.04. The highest BCUT2D eigenvalue weighted by Crippen LogP contribution is 2.22. The second kappa shape index (κ2) is 5.53. The highest BCUT2D eigenvalue weighted by molar-refractivity contribution is 5.95. The van der Waals surface area contributed by atoms with Crippen molar-refractivity contribution in [3.8, 4) is 0 Å². The van der Waals surface area contributed by atoms with Crippen molar-refractivity contribution in [1.82, 2.24) is 10.6 Å². The number of nitrogens with zero attached hydrogens (tertiary/aromatic N) is 1. The summed E-state index contributed by atoms with van der Waals surface area (Å²) in [6, 6.07) is 8.05. The fraction of sp³-hybridized carbons (Fsp3) is 0.467. The minimum atomic E-state index is -0.116. The van der Waals surface area contributed by atoms with Crippen molar-refractivity contribution < 1.29 is 9.59 Å². The zero-order valence-electron chi connectivity index (χ0n) is 11.4. The Morgan fingerprint density at radius 3 is 2.90 bits per heavy atom. The Kier molecular flexibility index (Phi) is 3.58. The van der Waals surface area contributed by atoms with Crippen LogP contribution in [0.1, 0.15) is 31.2 Å². The predicted molar refractivity (Wildman–Crippen MR) is 76.4 cm³/mol. The summed E-state index contributed by atoms with van der Waals surface area (Å²) in [7, 11) is 0. The van der Waals surface area contributed by atoms with Crippen molar-refractivity contribution in [2.24, 2.45) is 0 Å². The highest BCUT2D eigenvalue weighted by atomic mass is 16.2. The van der Waals surface area contributed by atoms with Crippen molar-refractivity contribution in [3.05, 3.63) is 29.8 Å². The second-order valence-electron chi connectivity index (χ2n) is 5.42. The largest absolute Gasteiger partial charge is 0.335 e. The van der Waals surface area contributed by atoms with Gasteiger partial charge in [0.25, 0.3) is 0 Å². The van der Waals surface area contributed by atoms with Crippen molar-refractivity contribution >= 4 is 17.6 Å². The quantitative estimate of drug-likeness (QED) is 0.878. The van der Waals surface area contributed by atoms with Crippen LogP contribution in [-0.2, 0) is 11.3 Å². The molecule has 20 heavy (non-hydrogen) atoms. The van der Waals surface area contributed by atoms with E-state index in [1.54, 1.807) is 0 Å². The van der Waals surface area contributed by atoms with Crippen LogP contribution < -0.4 is 15.5 Å². The van der Waals surface area contributed by atoms with Gasteiger partial charge in [-0.2, -0.15) is 0 Å². The number of hydrogen-bond donors (Lipinski definition) is 2. The molecule has 2 N–H and O–H groups in total. The molecule has 1 aromatic carbocycles. The summed E-state index contributed by atoms with van der Waals surface area (Å²) < 4.78 is 0. The molecule has 0 radical (unpaired) electrons. The first kappa shape index (κ1) is 13.0. The lowest BCUT2D eigenvalue weighted by Gasteiger charge is -2.16. The number of carbonyl (C=O) groups is 2. The Labute approximate surface area is 118 Å². The van der Waals surface area contributed by atoms with Crippen LogP contribution in [0, 0.1) is 0 Å². The number of carbonyl (C=O) groups excluding carboxylic acids is 2. The average molecular weight is 273 g/mol. The van der Waals surface area contributed by atoms with Gasteiger partial charge in [0.05, 0.1) is 0 Å². The van der Waals surface area contributed by atoms with Crippen LogP contribution in [-0.4, -0.2) is 24.5 Å². The van der Waals surface area contributed by atoms with E-state index in [0.717, 1.165) is 37.1 Å². The van der Waals surface area contributed by atoms with Crippen molar-refractivity contribution in [2.75, 3.05) is 11.4 Å². The third kappa shape index (κ3) is 3.10. The van der Waals surface area contributed by atoms with Gasteiger partial charge in [0.2, 0.25) is 5.91 Å². The summed E-state index contributed by atoms with van der Waals surface area (Å²) in [5.74, 6) is 0.182. The maximum absolute atomic E-state index is 11.7. The molecule has 0 atom stereocenters. The van der Waals surface area contributed by atoms with Crippen LogP contribution in [0.4, 0.5) is 10.5 Å². The minimum Gasteiger partial charge on any atom is -0.335 e. The number of anilines is 1. The average Bonchev–Trinajstić information content (AvgIpc) is 3.15. The molecule has 3 rings (SSSR count).